The molecule has 0 saturated heterocycles. The summed E-state index contributed by atoms with van der Waals surface area (Å²) in [5.41, 5.74) is 7.03. The van der Waals surface area contributed by atoms with Gasteiger partial charge in [-0.2, -0.15) is 0 Å². The molecular formula is C12H18ClN5. The van der Waals surface area contributed by atoms with E-state index in [-0.39, 0.29) is 11.9 Å². The van der Waals surface area contributed by atoms with Gasteiger partial charge in [0.1, 0.15) is 0 Å². The van der Waals surface area contributed by atoms with Gasteiger partial charge in [0.2, 0.25) is 0 Å². The van der Waals surface area contributed by atoms with Gasteiger partial charge in [0.15, 0.2) is 11.9 Å². The first-order valence-electron chi connectivity index (χ1n) is 5.78. The fourth-order valence-electron chi connectivity index (χ4n) is 1.56. The molecule has 0 aliphatic heterocycles. The van der Waals surface area contributed by atoms with Crippen LogP contribution in [0.2, 0.25) is 5.02 Å². The van der Waals surface area contributed by atoms with Crippen molar-refractivity contribution in [3.63, 3.8) is 0 Å². The summed E-state index contributed by atoms with van der Waals surface area (Å²) < 4.78 is 0. The number of guanidine groups is 2. The van der Waals surface area contributed by atoms with Gasteiger partial charge in [-0.3, -0.25) is 16.1 Å². The van der Waals surface area contributed by atoms with Crippen molar-refractivity contribution in [2.45, 2.75) is 26.2 Å². The summed E-state index contributed by atoms with van der Waals surface area (Å²) in [5, 5.41) is 20.6. The van der Waals surface area contributed by atoms with Gasteiger partial charge < -0.3 is 11.1 Å². The number of rotatable bonds is 4. The van der Waals surface area contributed by atoms with Crippen LogP contribution < -0.4 is 16.4 Å². The third-order valence-corrected chi connectivity index (χ3v) is 2.62. The zero-order valence-corrected chi connectivity index (χ0v) is 11.1. The van der Waals surface area contributed by atoms with E-state index >= 15 is 0 Å². The predicted octanol–water partition coefficient (Wildman–Crippen LogP) is 2.51. The lowest BCUT2D eigenvalue weighted by Crippen LogP contribution is -2.39. The quantitative estimate of drug-likeness (QED) is 0.428. The van der Waals surface area contributed by atoms with E-state index in [9.17, 15) is 0 Å². The minimum absolute atomic E-state index is 0.0254. The van der Waals surface area contributed by atoms with Crippen LogP contribution in [0.25, 0.3) is 0 Å². The van der Waals surface area contributed by atoms with Gasteiger partial charge in [-0.15, -0.1) is 0 Å². The second kappa shape index (κ2) is 6.86. The van der Waals surface area contributed by atoms with Crippen LogP contribution in [-0.2, 0) is 6.42 Å². The fourth-order valence-corrected chi connectivity index (χ4v) is 1.75. The molecule has 0 aromatic heterocycles. The number of aryl methyl sites for hydroxylation is 1. The monoisotopic (exact) mass is 267 g/mol. The Morgan fingerprint density at radius 3 is 2.72 bits per heavy atom. The minimum Gasteiger partial charge on any atom is -0.370 e. The molecule has 98 valence electrons. The summed E-state index contributed by atoms with van der Waals surface area (Å²) in [6.45, 7) is 2.12. The Labute approximate surface area is 112 Å². The first-order valence-corrected chi connectivity index (χ1v) is 6.15. The number of nitrogens with one attached hydrogen (secondary N) is 4. The number of halogens is 1. The topological polar surface area (TPSA) is 97.8 Å². The zero-order chi connectivity index (χ0) is 13.5. The van der Waals surface area contributed by atoms with Gasteiger partial charge in [0.05, 0.1) is 0 Å². The lowest BCUT2D eigenvalue weighted by Gasteiger charge is -2.13. The molecule has 0 fully saturated rings. The standard InChI is InChI=1S/C12H18ClN5/c1-2-3-4-8-7-9(13)5-6-10(8)17-12(16)18-11(14)15/h5-7H,2-4H2,1H3,(H6,14,15,16,17,18). The van der Waals surface area contributed by atoms with Crippen molar-refractivity contribution in [2.75, 3.05) is 5.32 Å². The van der Waals surface area contributed by atoms with E-state index in [1.165, 1.54) is 0 Å². The van der Waals surface area contributed by atoms with E-state index in [0.717, 1.165) is 30.5 Å². The molecule has 1 aromatic rings. The maximum absolute atomic E-state index is 7.61. The highest BCUT2D eigenvalue weighted by Gasteiger charge is 2.05. The number of hydrogen-bond donors (Lipinski definition) is 5. The van der Waals surface area contributed by atoms with E-state index in [1.807, 2.05) is 12.1 Å². The van der Waals surface area contributed by atoms with Gasteiger partial charge in [0.25, 0.3) is 0 Å². The van der Waals surface area contributed by atoms with Crippen LogP contribution in [0.15, 0.2) is 18.2 Å². The summed E-state index contributed by atoms with van der Waals surface area (Å²) in [6, 6.07) is 5.48. The number of unbranched alkanes of at least 4 members (excludes halogenated alkanes) is 1. The molecule has 0 amide bonds. The SMILES string of the molecule is CCCCc1cc(Cl)ccc1NC(=N)NC(=N)N. The number of anilines is 1. The lowest BCUT2D eigenvalue weighted by atomic mass is 10.1. The van der Waals surface area contributed by atoms with E-state index in [1.54, 1.807) is 6.07 Å². The van der Waals surface area contributed by atoms with Gasteiger partial charge in [-0.05, 0) is 36.6 Å². The number of benzene rings is 1. The minimum atomic E-state index is -0.267. The van der Waals surface area contributed by atoms with Crippen molar-refractivity contribution < 1.29 is 0 Å². The van der Waals surface area contributed by atoms with Crippen LogP contribution in [0.4, 0.5) is 5.69 Å². The molecule has 0 heterocycles. The molecule has 0 aliphatic carbocycles. The van der Waals surface area contributed by atoms with Crippen LogP contribution in [-0.4, -0.2) is 11.9 Å². The summed E-state index contributed by atoms with van der Waals surface area (Å²) in [7, 11) is 0. The average molecular weight is 268 g/mol. The average Bonchev–Trinajstić information content (AvgIpc) is 2.28. The van der Waals surface area contributed by atoms with E-state index in [0.29, 0.717) is 5.02 Å². The first kappa shape index (κ1) is 14.3. The summed E-state index contributed by atoms with van der Waals surface area (Å²) in [5.74, 6) is -0.292. The fraction of sp³-hybridized carbons (Fsp3) is 0.333. The third kappa shape index (κ3) is 4.63. The predicted molar refractivity (Wildman–Crippen MR) is 76.5 cm³/mol. The van der Waals surface area contributed by atoms with Crippen molar-refractivity contribution in [3.05, 3.63) is 28.8 Å². The third-order valence-electron chi connectivity index (χ3n) is 2.39. The Morgan fingerprint density at radius 1 is 1.39 bits per heavy atom. The van der Waals surface area contributed by atoms with Crippen LogP contribution in [0, 0.1) is 10.8 Å². The van der Waals surface area contributed by atoms with Gasteiger partial charge in [-0.1, -0.05) is 24.9 Å². The lowest BCUT2D eigenvalue weighted by molar-refractivity contribution is 0.796. The molecular weight excluding hydrogens is 250 g/mol. The smallest absolute Gasteiger partial charge is 0.199 e. The molecule has 6 heteroatoms. The second-order valence-corrected chi connectivity index (χ2v) is 4.38. The van der Waals surface area contributed by atoms with Crippen molar-refractivity contribution in [1.29, 1.82) is 10.8 Å². The maximum atomic E-state index is 7.61. The number of nitrogens with two attached hydrogens (primary N) is 1. The van der Waals surface area contributed by atoms with Crippen molar-refractivity contribution in [1.82, 2.24) is 5.32 Å². The van der Waals surface area contributed by atoms with Gasteiger partial charge >= 0.3 is 0 Å². The molecule has 0 bridgehead atoms. The Balaban J connectivity index is 2.80. The molecule has 6 N–H and O–H groups in total. The molecule has 0 saturated carbocycles. The number of hydrogen-bond acceptors (Lipinski definition) is 2. The molecule has 0 radical (unpaired) electrons. The van der Waals surface area contributed by atoms with Crippen LogP contribution in [0.1, 0.15) is 25.3 Å². The van der Waals surface area contributed by atoms with Crippen LogP contribution >= 0.6 is 11.6 Å². The molecule has 1 rings (SSSR count). The van der Waals surface area contributed by atoms with Crippen LogP contribution in [0.3, 0.4) is 0 Å². The van der Waals surface area contributed by atoms with Crippen LogP contribution in [0.5, 0.6) is 0 Å². The second-order valence-electron chi connectivity index (χ2n) is 3.94. The molecule has 0 atom stereocenters. The highest BCUT2D eigenvalue weighted by Crippen LogP contribution is 2.22. The summed E-state index contributed by atoms with van der Waals surface area (Å²) in [4.78, 5) is 0. The summed E-state index contributed by atoms with van der Waals surface area (Å²) >= 11 is 5.97. The largest absolute Gasteiger partial charge is 0.370 e. The Bertz CT molecular complexity index is 444. The summed E-state index contributed by atoms with van der Waals surface area (Å²) in [6.07, 6.45) is 3.05. The highest BCUT2D eigenvalue weighted by atomic mass is 35.5. The Hall–Kier alpha value is -1.75. The molecule has 0 unspecified atom stereocenters. The van der Waals surface area contributed by atoms with E-state index in [2.05, 4.69) is 17.6 Å². The maximum Gasteiger partial charge on any atom is 0.199 e. The first-order chi connectivity index (χ1) is 8.52. The van der Waals surface area contributed by atoms with E-state index < -0.39 is 0 Å². The zero-order valence-electron chi connectivity index (χ0n) is 10.3. The Kier molecular flexibility index (Phi) is 5.45. The molecule has 1 aromatic carbocycles. The highest BCUT2D eigenvalue weighted by molar-refractivity contribution is 6.30. The van der Waals surface area contributed by atoms with E-state index in [4.69, 9.17) is 28.2 Å². The van der Waals surface area contributed by atoms with Crippen molar-refractivity contribution in [3.8, 4) is 0 Å². The molecule has 18 heavy (non-hydrogen) atoms. The van der Waals surface area contributed by atoms with Crippen molar-refractivity contribution >= 4 is 29.2 Å². The molecule has 0 aliphatic rings. The van der Waals surface area contributed by atoms with Gasteiger partial charge in [-0.25, -0.2) is 0 Å². The van der Waals surface area contributed by atoms with Crippen molar-refractivity contribution in [2.24, 2.45) is 5.73 Å². The van der Waals surface area contributed by atoms with Gasteiger partial charge in [0, 0.05) is 10.7 Å². The Morgan fingerprint density at radius 2 is 2.11 bits per heavy atom. The molecule has 5 nitrogen and oxygen atoms in total. The molecule has 0 spiro atoms. The normalized spacial score (nSPS) is 9.89.